The number of carbonyl (C=O) groups excluding carboxylic acids is 1. The highest BCUT2D eigenvalue weighted by atomic mass is 16.6. The van der Waals surface area contributed by atoms with Gasteiger partial charge in [0.2, 0.25) is 0 Å². The van der Waals surface area contributed by atoms with Gasteiger partial charge in [0.25, 0.3) is 0 Å². The zero-order valence-electron chi connectivity index (χ0n) is 16.1. The minimum Gasteiger partial charge on any atom is -0.494 e. The van der Waals surface area contributed by atoms with Crippen LogP contribution in [0.25, 0.3) is 0 Å². The lowest BCUT2D eigenvalue weighted by atomic mass is 9.48. The standard InChI is InChI=1S/C22H30O5/c1-2-7-25-18-3-5-19(6-4-18)26-8-9-27-20(23)21-11-16-10-17(12-21)14-22(24,13-16)15-21/h3-6,16-17,24H,2,7-15H2,1H3/t16-,17+,21?,22?. The van der Waals surface area contributed by atoms with Gasteiger partial charge < -0.3 is 19.3 Å². The molecule has 1 N–H and O–H groups in total. The topological polar surface area (TPSA) is 65.0 Å². The van der Waals surface area contributed by atoms with Crippen molar-refractivity contribution < 1.29 is 24.1 Å². The van der Waals surface area contributed by atoms with Crippen LogP contribution in [-0.2, 0) is 9.53 Å². The molecule has 5 rings (SSSR count). The zero-order valence-corrected chi connectivity index (χ0v) is 16.1. The fourth-order valence-electron chi connectivity index (χ4n) is 5.75. The molecule has 4 bridgehead atoms. The molecule has 4 aliphatic rings. The molecule has 4 atom stereocenters. The van der Waals surface area contributed by atoms with Gasteiger partial charge in [-0.25, -0.2) is 0 Å². The number of rotatable bonds is 8. The summed E-state index contributed by atoms with van der Waals surface area (Å²) < 4.78 is 16.8. The van der Waals surface area contributed by atoms with Crippen LogP contribution in [0.4, 0.5) is 0 Å². The molecule has 0 saturated heterocycles. The fourth-order valence-corrected chi connectivity index (χ4v) is 5.75. The van der Waals surface area contributed by atoms with Crippen molar-refractivity contribution in [2.75, 3.05) is 19.8 Å². The van der Waals surface area contributed by atoms with E-state index in [1.54, 1.807) is 0 Å². The molecule has 4 saturated carbocycles. The molecule has 2 unspecified atom stereocenters. The molecule has 148 valence electrons. The van der Waals surface area contributed by atoms with Crippen molar-refractivity contribution in [1.82, 2.24) is 0 Å². The maximum absolute atomic E-state index is 12.8. The summed E-state index contributed by atoms with van der Waals surface area (Å²) in [6, 6.07) is 7.49. The summed E-state index contributed by atoms with van der Waals surface area (Å²) in [7, 11) is 0. The molecule has 4 fully saturated rings. The normalized spacial score (nSPS) is 33.7. The lowest BCUT2D eigenvalue weighted by Gasteiger charge is -2.58. The first-order valence-electron chi connectivity index (χ1n) is 10.3. The van der Waals surface area contributed by atoms with Crippen LogP contribution in [0, 0.1) is 17.3 Å². The minimum absolute atomic E-state index is 0.137. The van der Waals surface area contributed by atoms with Gasteiger partial charge >= 0.3 is 5.97 Å². The van der Waals surface area contributed by atoms with Crippen LogP contribution in [0.3, 0.4) is 0 Å². The predicted molar refractivity (Wildman–Crippen MR) is 101 cm³/mol. The maximum atomic E-state index is 12.8. The minimum atomic E-state index is -0.638. The highest BCUT2D eigenvalue weighted by molar-refractivity contribution is 5.77. The fraction of sp³-hybridized carbons (Fsp3) is 0.682. The average Bonchev–Trinajstić information content (AvgIpc) is 2.62. The second-order valence-corrected chi connectivity index (χ2v) is 8.77. The molecular weight excluding hydrogens is 344 g/mol. The Morgan fingerprint density at radius 3 is 2.15 bits per heavy atom. The Balaban J connectivity index is 1.24. The number of hydrogen-bond acceptors (Lipinski definition) is 5. The lowest BCUT2D eigenvalue weighted by molar-refractivity contribution is -0.196. The van der Waals surface area contributed by atoms with E-state index in [-0.39, 0.29) is 12.6 Å². The van der Waals surface area contributed by atoms with E-state index < -0.39 is 11.0 Å². The molecule has 4 aliphatic carbocycles. The van der Waals surface area contributed by atoms with E-state index in [0.29, 0.717) is 31.5 Å². The molecule has 0 heterocycles. The second kappa shape index (κ2) is 7.34. The summed E-state index contributed by atoms with van der Waals surface area (Å²) in [5, 5.41) is 10.8. The summed E-state index contributed by atoms with van der Waals surface area (Å²) in [6.45, 7) is 3.34. The van der Waals surface area contributed by atoms with Crippen LogP contribution < -0.4 is 9.47 Å². The van der Waals surface area contributed by atoms with E-state index in [0.717, 1.165) is 43.6 Å². The van der Waals surface area contributed by atoms with Gasteiger partial charge in [-0.15, -0.1) is 0 Å². The van der Waals surface area contributed by atoms with Crippen LogP contribution in [0.15, 0.2) is 24.3 Å². The maximum Gasteiger partial charge on any atom is 0.312 e. The van der Waals surface area contributed by atoms with Crippen LogP contribution in [0.5, 0.6) is 11.5 Å². The number of carbonyl (C=O) groups is 1. The van der Waals surface area contributed by atoms with Gasteiger partial charge in [-0.3, -0.25) is 4.79 Å². The molecule has 0 aromatic heterocycles. The molecule has 27 heavy (non-hydrogen) atoms. The predicted octanol–water partition coefficient (Wildman–Crippen LogP) is 3.73. The van der Waals surface area contributed by atoms with Gasteiger partial charge in [-0.05, 0) is 81.0 Å². The van der Waals surface area contributed by atoms with Gasteiger partial charge in [0.15, 0.2) is 0 Å². The molecule has 5 nitrogen and oxygen atoms in total. The quantitative estimate of drug-likeness (QED) is 0.555. The summed E-state index contributed by atoms with van der Waals surface area (Å²) in [5.74, 6) is 2.39. The van der Waals surface area contributed by atoms with Crippen molar-refractivity contribution in [1.29, 1.82) is 0 Å². The molecule has 0 amide bonds. The van der Waals surface area contributed by atoms with Crippen LogP contribution in [0.1, 0.15) is 51.9 Å². The highest BCUT2D eigenvalue weighted by Gasteiger charge is 2.60. The number of ether oxygens (including phenoxy) is 3. The Kier molecular flexibility index (Phi) is 5.06. The Hall–Kier alpha value is -1.75. The third-order valence-electron chi connectivity index (χ3n) is 6.35. The number of benzene rings is 1. The summed E-state index contributed by atoms with van der Waals surface area (Å²) in [4.78, 5) is 12.8. The van der Waals surface area contributed by atoms with Crippen molar-refractivity contribution in [2.24, 2.45) is 17.3 Å². The second-order valence-electron chi connectivity index (χ2n) is 8.77. The van der Waals surface area contributed by atoms with Gasteiger partial charge in [-0.2, -0.15) is 0 Å². The largest absolute Gasteiger partial charge is 0.494 e. The molecule has 1 aromatic carbocycles. The summed E-state index contributed by atoms with van der Waals surface area (Å²) in [5.41, 5.74) is -1.10. The van der Waals surface area contributed by atoms with Crippen molar-refractivity contribution in [3.05, 3.63) is 24.3 Å². The Morgan fingerprint density at radius 1 is 1.00 bits per heavy atom. The lowest BCUT2D eigenvalue weighted by Crippen LogP contribution is -2.58. The van der Waals surface area contributed by atoms with E-state index in [1.165, 1.54) is 6.42 Å². The van der Waals surface area contributed by atoms with E-state index in [9.17, 15) is 9.90 Å². The molecule has 0 aliphatic heterocycles. The van der Waals surface area contributed by atoms with Crippen LogP contribution in [-0.4, -0.2) is 36.5 Å². The van der Waals surface area contributed by atoms with Gasteiger partial charge in [0.05, 0.1) is 17.6 Å². The van der Waals surface area contributed by atoms with Crippen molar-refractivity contribution in [3.8, 4) is 11.5 Å². The van der Waals surface area contributed by atoms with Crippen molar-refractivity contribution >= 4 is 5.97 Å². The van der Waals surface area contributed by atoms with E-state index in [2.05, 4.69) is 6.92 Å². The first-order chi connectivity index (χ1) is 13.0. The van der Waals surface area contributed by atoms with E-state index in [1.807, 2.05) is 24.3 Å². The van der Waals surface area contributed by atoms with Gasteiger partial charge in [0.1, 0.15) is 24.7 Å². The van der Waals surface area contributed by atoms with E-state index >= 15 is 0 Å². The number of hydrogen-bond donors (Lipinski definition) is 1. The zero-order chi connectivity index (χ0) is 18.9. The molecule has 5 heteroatoms. The van der Waals surface area contributed by atoms with E-state index in [4.69, 9.17) is 14.2 Å². The number of esters is 1. The monoisotopic (exact) mass is 374 g/mol. The molecule has 1 aromatic rings. The number of aliphatic hydroxyl groups is 1. The van der Waals surface area contributed by atoms with Crippen LogP contribution in [0.2, 0.25) is 0 Å². The van der Waals surface area contributed by atoms with Crippen molar-refractivity contribution in [2.45, 2.75) is 57.5 Å². The van der Waals surface area contributed by atoms with Gasteiger partial charge in [0, 0.05) is 0 Å². The Morgan fingerprint density at radius 2 is 1.59 bits per heavy atom. The molecule has 0 radical (unpaired) electrons. The third kappa shape index (κ3) is 3.93. The van der Waals surface area contributed by atoms with Gasteiger partial charge in [-0.1, -0.05) is 6.92 Å². The third-order valence-corrected chi connectivity index (χ3v) is 6.35. The Labute approximate surface area is 161 Å². The Bertz CT molecular complexity index is 654. The molecular formula is C22H30O5. The van der Waals surface area contributed by atoms with Crippen LogP contribution >= 0.6 is 0 Å². The summed E-state index contributed by atoms with van der Waals surface area (Å²) >= 11 is 0. The molecule has 0 spiro atoms. The summed E-state index contributed by atoms with van der Waals surface area (Å²) in [6.07, 6.45) is 6.20. The first kappa shape index (κ1) is 18.6. The van der Waals surface area contributed by atoms with Crippen molar-refractivity contribution in [3.63, 3.8) is 0 Å². The smallest absolute Gasteiger partial charge is 0.312 e. The first-order valence-corrected chi connectivity index (χ1v) is 10.3. The highest BCUT2D eigenvalue weighted by Crippen LogP contribution is 2.61. The average molecular weight is 374 g/mol. The SMILES string of the molecule is CCCOc1ccc(OCCOC(=O)C23C[C@@H]4C[C@@H](CC(O)(C4)C2)C3)cc1.